The Hall–Kier alpha value is -3.29. The number of hydrogen-bond acceptors (Lipinski definition) is 6. The van der Waals surface area contributed by atoms with E-state index in [0.29, 0.717) is 0 Å². The molecule has 7 nitrogen and oxygen atoms in total. The highest BCUT2D eigenvalue weighted by Crippen LogP contribution is 2.23. The quantitative estimate of drug-likeness (QED) is 0.767. The molecule has 8 heteroatoms. The van der Waals surface area contributed by atoms with Crippen LogP contribution in [0.15, 0.2) is 47.3 Å². The number of anilines is 2. The summed E-state index contributed by atoms with van der Waals surface area (Å²) in [5.41, 5.74) is 6.04. The Balaban J connectivity index is 1.82. The Morgan fingerprint density at radius 1 is 1.23 bits per heavy atom. The predicted octanol–water partition coefficient (Wildman–Crippen LogP) is 2.11. The standard InChI is InChI=1S/C14H10FN5O2/c15-9-4-2-1-3-8(9)10-7-22-14(19-10)20-13(21)11-12(16)18-6-5-17-11/h1-7H,(H2,16,18)(H,19,20,21). The molecule has 1 aromatic carbocycles. The minimum absolute atomic E-state index is 0.0131. The Morgan fingerprint density at radius 3 is 2.77 bits per heavy atom. The summed E-state index contributed by atoms with van der Waals surface area (Å²) in [5, 5.41) is 2.39. The first-order chi connectivity index (χ1) is 10.6. The summed E-state index contributed by atoms with van der Waals surface area (Å²) in [4.78, 5) is 23.6. The molecule has 0 saturated carbocycles. The number of benzene rings is 1. The zero-order valence-corrected chi connectivity index (χ0v) is 11.2. The smallest absolute Gasteiger partial charge is 0.302 e. The minimum atomic E-state index is -0.618. The van der Waals surface area contributed by atoms with Gasteiger partial charge in [-0.25, -0.2) is 14.4 Å². The van der Waals surface area contributed by atoms with Gasteiger partial charge in [-0.05, 0) is 12.1 Å². The van der Waals surface area contributed by atoms with Crippen LogP contribution in [0, 0.1) is 5.82 Å². The molecule has 0 aliphatic rings. The summed E-state index contributed by atoms with van der Waals surface area (Å²) in [6.45, 7) is 0. The number of nitrogens with two attached hydrogens (primary N) is 1. The maximum Gasteiger partial charge on any atom is 0.302 e. The molecule has 0 fully saturated rings. The van der Waals surface area contributed by atoms with Gasteiger partial charge < -0.3 is 10.2 Å². The molecule has 1 amide bonds. The van der Waals surface area contributed by atoms with Crippen molar-refractivity contribution in [2.45, 2.75) is 0 Å². The topological polar surface area (TPSA) is 107 Å². The Labute approximate surface area is 124 Å². The highest BCUT2D eigenvalue weighted by Gasteiger charge is 2.16. The van der Waals surface area contributed by atoms with Crippen molar-refractivity contribution in [2.75, 3.05) is 11.1 Å². The Morgan fingerprint density at radius 2 is 2.00 bits per heavy atom. The molecule has 0 spiro atoms. The summed E-state index contributed by atoms with van der Waals surface area (Å²) in [6.07, 6.45) is 3.95. The number of carbonyl (C=O) groups is 1. The highest BCUT2D eigenvalue weighted by molar-refractivity contribution is 6.04. The fourth-order valence-electron chi connectivity index (χ4n) is 1.80. The van der Waals surface area contributed by atoms with Crippen LogP contribution in [0.1, 0.15) is 10.5 Å². The first-order valence-corrected chi connectivity index (χ1v) is 6.23. The van der Waals surface area contributed by atoms with E-state index in [1.807, 2.05) is 0 Å². The van der Waals surface area contributed by atoms with Crippen LogP contribution in [-0.4, -0.2) is 20.9 Å². The molecule has 0 atom stereocenters. The van der Waals surface area contributed by atoms with E-state index in [-0.39, 0.29) is 28.8 Å². The van der Waals surface area contributed by atoms with Gasteiger partial charge in [0.05, 0.1) is 0 Å². The maximum absolute atomic E-state index is 13.7. The number of aromatic nitrogens is 3. The number of halogens is 1. The lowest BCUT2D eigenvalue weighted by Gasteiger charge is -2.01. The van der Waals surface area contributed by atoms with Crippen LogP contribution < -0.4 is 11.1 Å². The van der Waals surface area contributed by atoms with E-state index < -0.39 is 11.7 Å². The molecule has 0 unspecified atom stereocenters. The van der Waals surface area contributed by atoms with Crippen LogP contribution in [-0.2, 0) is 0 Å². The molecular weight excluding hydrogens is 289 g/mol. The van der Waals surface area contributed by atoms with Gasteiger partial charge in [0.2, 0.25) is 0 Å². The number of oxazole rings is 1. The van der Waals surface area contributed by atoms with E-state index in [0.717, 1.165) is 0 Å². The molecule has 0 radical (unpaired) electrons. The zero-order chi connectivity index (χ0) is 15.5. The van der Waals surface area contributed by atoms with E-state index in [4.69, 9.17) is 10.2 Å². The molecule has 3 aromatic rings. The van der Waals surface area contributed by atoms with E-state index in [1.54, 1.807) is 18.2 Å². The van der Waals surface area contributed by atoms with Gasteiger partial charge in [0.1, 0.15) is 17.8 Å². The lowest BCUT2D eigenvalue weighted by molar-refractivity contribution is 0.102. The second-order valence-corrected chi connectivity index (χ2v) is 4.26. The molecule has 3 N–H and O–H groups in total. The third-order valence-electron chi connectivity index (χ3n) is 2.82. The van der Waals surface area contributed by atoms with Gasteiger partial charge in [0, 0.05) is 18.0 Å². The Kier molecular flexibility index (Phi) is 3.48. The van der Waals surface area contributed by atoms with Gasteiger partial charge >= 0.3 is 6.01 Å². The lowest BCUT2D eigenvalue weighted by Crippen LogP contribution is -2.16. The molecular formula is C14H10FN5O2. The molecule has 0 bridgehead atoms. The monoisotopic (exact) mass is 299 g/mol. The summed E-state index contributed by atoms with van der Waals surface area (Å²) in [6, 6.07) is 6.01. The van der Waals surface area contributed by atoms with Gasteiger partial charge in [0.25, 0.3) is 5.91 Å². The second-order valence-electron chi connectivity index (χ2n) is 4.26. The second kappa shape index (κ2) is 5.60. The van der Waals surface area contributed by atoms with Crippen molar-refractivity contribution in [1.29, 1.82) is 0 Å². The van der Waals surface area contributed by atoms with Gasteiger partial charge in [-0.3, -0.25) is 10.1 Å². The predicted molar refractivity (Wildman–Crippen MR) is 76.3 cm³/mol. The first kappa shape index (κ1) is 13.7. The third-order valence-corrected chi connectivity index (χ3v) is 2.82. The SMILES string of the molecule is Nc1nccnc1C(=O)Nc1nc(-c2ccccc2F)co1. The van der Waals surface area contributed by atoms with E-state index in [9.17, 15) is 9.18 Å². The largest absolute Gasteiger partial charge is 0.431 e. The van der Waals surface area contributed by atoms with Gasteiger partial charge in [-0.1, -0.05) is 12.1 Å². The number of nitrogen functional groups attached to an aromatic ring is 1. The number of hydrogen-bond donors (Lipinski definition) is 2. The van der Waals surface area contributed by atoms with E-state index in [1.165, 1.54) is 24.7 Å². The molecule has 2 aromatic heterocycles. The van der Waals surface area contributed by atoms with Crippen LogP contribution in [0.4, 0.5) is 16.2 Å². The molecule has 3 rings (SSSR count). The van der Waals surface area contributed by atoms with E-state index in [2.05, 4.69) is 20.3 Å². The highest BCUT2D eigenvalue weighted by atomic mass is 19.1. The Bertz CT molecular complexity index is 833. The zero-order valence-electron chi connectivity index (χ0n) is 11.2. The van der Waals surface area contributed by atoms with Crippen molar-refractivity contribution < 1.29 is 13.6 Å². The summed E-state index contributed by atoms with van der Waals surface area (Å²) in [7, 11) is 0. The minimum Gasteiger partial charge on any atom is -0.431 e. The van der Waals surface area contributed by atoms with Crippen LogP contribution in [0.3, 0.4) is 0 Å². The van der Waals surface area contributed by atoms with Crippen molar-refractivity contribution in [1.82, 2.24) is 15.0 Å². The third kappa shape index (κ3) is 2.62. The van der Waals surface area contributed by atoms with Crippen molar-refractivity contribution in [2.24, 2.45) is 0 Å². The van der Waals surface area contributed by atoms with Crippen molar-refractivity contribution in [3.05, 3.63) is 54.4 Å². The number of nitrogens with one attached hydrogen (secondary N) is 1. The average molecular weight is 299 g/mol. The molecule has 0 aliphatic heterocycles. The summed E-state index contributed by atoms with van der Waals surface area (Å²) in [5.74, 6) is -1.07. The number of amides is 1. The summed E-state index contributed by atoms with van der Waals surface area (Å²) < 4.78 is 18.8. The normalized spacial score (nSPS) is 10.4. The molecule has 22 heavy (non-hydrogen) atoms. The number of nitrogens with zero attached hydrogens (tertiary/aromatic N) is 3. The fourth-order valence-corrected chi connectivity index (χ4v) is 1.80. The van der Waals surface area contributed by atoms with Crippen LogP contribution in [0.5, 0.6) is 0 Å². The van der Waals surface area contributed by atoms with Crippen LogP contribution in [0.25, 0.3) is 11.3 Å². The average Bonchev–Trinajstić information content (AvgIpc) is 2.96. The van der Waals surface area contributed by atoms with Crippen LogP contribution in [0.2, 0.25) is 0 Å². The first-order valence-electron chi connectivity index (χ1n) is 6.23. The fraction of sp³-hybridized carbons (Fsp3) is 0. The molecule has 2 heterocycles. The maximum atomic E-state index is 13.7. The van der Waals surface area contributed by atoms with Gasteiger partial charge in [-0.2, -0.15) is 4.98 Å². The van der Waals surface area contributed by atoms with Gasteiger partial charge in [0.15, 0.2) is 11.5 Å². The van der Waals surface area contributed by atoms with E-state index >= 15 is 0 Å². The van der Waals surface area contributed by atoms with Crippen molar-refractivity contribution >= 4 is 17.7 Å². The number of rotatable bonds is 3. The lowest BCUT2D eigenvalue weighted by atomic mass is 10.1. The molecule has 0 saturated heterocycles. The molecule has 0 aliphatic carbocycles. The molecule has 110 valence electrons. The van der Waals surface area contributed by atoms with Crippen LogP contribution >= 0.6 is 0 Å². The van der Waals surface area contributed by atoms with Crippen molar-refractivity contribution in [3.8, 4) is 11.3 Å². The van der Waals surface area contributed by atoms with Crippen molar-refractivity contribution in [3.63, 3.8) is 0 Å². The number of carbonyl (C=O) groups excluding carboxylic acids is 1. The summed E-state index contributed by atoms with van der Waals surface area (Å²) >= 11 is 0. The van der Waals surface area contributed by atoms with Gasteiger partial charge in [-0.15, -0.1) is 0 Å².